The minimum Gasteiger partial charge on any atom is -0.541 e. The highest BCUT2D eigenvalue weighted by Gasteiger charge is 2.42. The summed E-state index contributed by atoms with van der Waals surface area (Å²) in [6.07, 6.45) is 0.402. The summed E-state index contributed by atoms with van der Waals surface area (Å²) >= 11 is 3.25. The number of halogens is 1. The van der Waals surface area contributed by atoms with Gasteiger partial charge in [0.2, 0.25) is 0 Å². The Balaban J connectivity index is 3.35. The Labute approximate surface area is 176 Å². The third kappa shape index (κ3) is 6.46. The molecule has 1 aromatic rings. The first-order valence-corrected chi connectivity index (χ1v) is 16.5. The van der Waals surface area contributed by atoms with Crippen LogP contribution in [0.4, 0.5) is 0 Å². The lowest BCUT2D eigenvalue weighted by atomic mass is 10.1. The first kappa shape index (κ1) is 24.4. The van der Waals surface area contributed by atoms with E-state index in [9.17, 15) is 4.79 Å². The number of carbonyl (C=O) groups excluding carboxylic acids is 1. The molecular weight excluding hydrogens is 436 g/mol. The zero-order valence-electron chi connectivity index (χ0n) is 18.7. The zero-order chi connectivity index (χ0) is 21.3. The fourth-order valence-electron chi connectivity index (χ4n) is 1.96. The summed E-state index contributed by atoms with van der Waals surface area (Å²) < 4.78 is 13.2. The normalized spacial score (nSPS) is 13.4. The fraction of sp³-hybridized carbons (Fsp3) is 0.667. The van der Waals surface area contributed by atoms with Crippen molar-refractivity contribution in [2.45, 2.75) is 84.2 Å². The van der Waals surface area contributed by atoms with Crippen molar-refractivity contribution in [3.63, 3.8) is 0 Å². The van der Waals surface area contributed by atoms with Gasteiger partial charge in [-0.05, 0) is 54.0 Å². The Morgan fingerprint density at radius 3 is 1.74 bits per heavy atom. The molecule has 1 rings (SSSR count). The van der Waals surface area contributed by atoms with Crippen LogP contribution in [0.25, 0.3) is 0 Å². The Morgan fingerprint density at radius 1 is 0.889 bits per heavy atom. The molecule has 0 bridgehead atoms. The fourth-order valence-corrected chi connectivity index (χ4v) is 4.20. The minimum atomic E-state index is -2.03. The maximum atomic E-state index is 11.9. The van der Waals surface area contributed by atoms with Gasteiger partial charge in [0.25, 0.3) is 16.6 Å². The SMILES string of the molecule is CC(C)(C)[Si](C)(C)Oc1ccc(CC(=O)CBr)cc1O[Si](C)(C)C(C)(C)C. The van der Waals surface area contributed by atoms with Gasteiger partial charge < -0.3 is 8.85 Å². The van der Waals surface area contributed by atoms with Gasteiger partial charge in [0.05, 0.1) is 5.33 Å². The van der Waals surface area contributed by atoms with Gasteiger partial charge in [-0.15, -0.1) is 0 Å². The maximum absolute atomic E-state index is 11.9. The summed E-state index contributed by atoms with van der Waals surface area (Å²) in [6, 6.07) is 5.98. The first-order chi connectivity index (χ1) is 12.0. The molecule has 154 valence electrons. The number of benzene rings is 1. The number of ketones is 1. The van der Waals surface area contributed by atoms with Crippen molar-refractivity contribution in [1.82, 2.24) is 0 Å². The van der Waals surface area contributed by atoms with Crippen molar-refractivity contribution < 1.29 is 13.6 Å². The van der Waals surface area contributed by atoms with Gasteiger partial charge in [0.15, 0.2) is 0 Å². The standard InChI is InChI=1S/C21H37BrO3Si2/c1-20(2,3)26(7,8)24-18-12-11-16(13-17(23)15-22)14-19(18)25-27(9,10)21(4,5)6/h11-12,14H,13,15H2,1-10H3. The van der Waals surface area contributed by atoms with Gasteiger partial charge in [-0.25, -0.2) is 0 Å². The molecule has 0 N–H and O–H groups in total. The molecule has 3 nitrogen and oxygen atoms in total. The average Bonchev–Trinajstić information content (AvgIpc) is 2.47. The molecule has 1 aromatic carbocycles. The summed E-state index contributed by atoms with van der Waals surface area (Å²) in [5.74, 6) is 1.75. The predicted octanol–water partition coefficient (Wildman–Crippen LogP) is 6.96. The van der Waals surface area contributed by atoms with Crippen molar-refractivity contribution in [2.75, 3.05) is 5.33 Å². The average molecular weight is 474 g/mol. The number of alkyl halides is 1. The summed E-state index contributed by atoms with van der Waals surface area (Å²) in [6.45, 7) is 22.3. The summed E-state index contributed by atoms with van der Waals surface area (Å²) in [5.41, 5.74) is 0.968. The van der Waals surface area contributed by atoms with Crippen molar-refractivity contribution in [3.05, 3.63) is 23.8 Å². The molecule has 0 aliphatic heterocycles. The van der Waals surface area contributed by atoms with E-state index in [1.165, 1.54) is 0 Å². The van der Waals surface area contributed by atoms with Crippen LogP contribution in [-0.4, -0.2) is 27.7 Å². The van der Waals surface area contributed by atoms with E-state index in [1.54, 1.807) is 0 Å². The second kappa shape index (κ2) is 8.41. The van der Waals surface area contributed by atoms with Crippen molar-refractivity contribution in [1.29, 1.82) is 0 Å². The summed E-state index contributed by atoms with van der Waals surface area (Å²) in [4.78, 5) is 11.9. The lowest BCUT2D eigenvalue weighted by Crippen LogP contribution is -2.45. The second-order valence-corrected chi connectivity index (χ2v) is 20.4. The Hall–Kier alpha value is -0.596. The monoisotopic (exact) mass is 472 g/mol. The number of Topliss-reactive ketones (excluding diaryl/α,β-unsaturated/α-hetero) is 1. The van der Waals surface area contributed by atoms with Gasteiger partial charge >= 0.3 is 0 Å². The van der Waals surface area contributed by atoms with Crippen LogP contribution >= 0.6 is 15.9 Å². The zero-order valence-corrected chi connectivity index (χ0v) is 22.3. The predicted molar refractivity (Wildman–Crippen MR) is 125 cm³/mol. The van der Waals surface area contributed by atoms with Crippen molar-refractivity contribution >= 4 is 38.3 Å². The number of hydrogen-bond acceptors (Lipinski definition) is 3. The molecule has 6 heteroatoms. The molecule has 0 aliphatic rings. The van der Waals surface area contributed by atoms with E-state index in [1.807, 2.05) is 18.2 Å². The van der Waals surface area contributed by atoms with Crippen molar-refractivity contribution in [3.8, 4) is 11.5 Å². The van der Waals surface area contributed by atoms with Gasteiger partial charge in [0.1, 0.15) is 17.3 Å². The molecule has 0 saturated heterocycles. The van der Waals surface area contributed by atoms with Crippen LogP contribution < -0.4 is 8.85 Å². The first-order valence-electron chi connectivity index (χ1n) is 9.59. The molecule has 0 fully saturated rings. The van der Waals surface area contributed by atoms with Crippen LogP contribution in [0.3, 0.4) is 0 Å². The molecule has 0 aromatic heterocycles. The Morgan fingerprint density at radius 2 is 1.33 bits per heavy atom. The molecule has 0 saturated carbocycles. The maximum Gasteiger partial charge on any atom is 0.250 e. The van der Waals surface area contributed by atoms with Crippen LogP contribution in [0.15, 0.2) is 18.2 Å². The Bertz CT molecular complexity index is 671. The van der Waals surface area contributed by atoms with Crippen LogP contribution in [0.1, 0.15) is 47.1 Å². The molecule has 0 radical (unpaired) electrons. The number of hydrogen-bond donors (Lipinski definition) is 0. The second-order valence-electron chi connectivity index (χ2n) is 10.4. The molecule has 0 amide bonds. The third-order valence-electron chi connectivity index (χ3n) is 5.90. The van der Waals surface area contributed by atoms with Crippen LogP contribution in [0.5, 0.6) is 11.5 Å². The topological polar surface area (TPSA) is 35.5 Å². The molecule has 27 heavy (non-hydrogen) atoms. The molecule has 0 heterocycles. The van der Waals surface area contributed by atoms with E-state index in [0.717, 1.165) is 17.1 Å². The van der Waals surface area contributed by atoms with Crippen LogP contribution in [0.2, 0.25) is 36.3 Å². The van der Waals surface area contributed by atoms with E-state index in [4.69, 9.17) is 8.85 Å². The van der Waals surface area contributed by atoms with Gasteiger partial charge in [-0.1, -0.05) is 63.5 Å². The van der Waals surface area contributed by atoms with Crippen molar-refractivity contribution in [2.24, 2.45) is 0 Å². The highest BCUT2D eigenvalue weighted by molar-refractivity contribution is 9.09. The highest BCUT2D eigenvalue weighted by atomic mass is 79.9. The molecule has 0 aliphatic carbocycles. The quantitative estimate of drug-likeness (QED) is 0.317. The summed E-state index contributed by atoms with van der Waals surface area (Å²) in [5, 5.41) is 0.558. The van der Waals surface area contributed by atoms with E-state index in [0.29, 0.717) is 11.8 Å². The number of rotatable bonds is 7. The molecule has 0 unspecified atom stereocenters. The smallest absolute Gasteiger partial charge is 0.250 e. The molecular formula is C21H37BrO3Si2. The lowest BCUT2D eigenvalue weighted by Gasteiger charge is -2.39. The lowest BCUT2D eigenvalue weighted by molar-refractivity contribution is -0.115. The minimum absolute atomic E-state index is 0.0862. The highest BCUT2D eigenvalue weighted by Crippen LogP contribution is 2.43. The molecule has 0 atom stereocenters. The van der Waals surface area contributed by atoms with E-state index < -0.39 is 16.6 Å². The third-order valence-corrected chi connectivity index (χ3v) is 15.2. The van der Waals surface area contributed by atoms with E-state index in [-0.39, 0.29) is 15.9 Å². The van der Waals surface area contributed by atoms with Crippen LogP contribution in [-0.2, 0) is 11.2 Å². The van der Waals surface area contributed by atoms with Gasteiger partial charge in [-0.3, -0.25) is 4.79 Å². The molecule has 0 spiro atoms. The summed E-state index contributed by atoms with van der Waals surface area (Å²) in [7, 11) is -4.02. The van der Waals surface area contributed by atoms with E-state index in [2.05, 4.69) is 83.7 Å². The van der Waals surface area contributed by atoms with Crippen LogP contribution in [0, 0.1) is 0 Å². The van der Waals surface area contributed by atoms with Gasteiger partial charge in [0, 0.05) is 6.42 Å². The largest absolute Gasteiger partial charge is 0.541 e. The number of carbonyl (C=O) groups is 1. The van der Waals surface area contributed by atoms with E-state index >= 15 is 0 Å². The Kier molecular flexibility index (Phi) is 7.62. The van der Waals surface area contributed by atoms with Gasteiger partial charge in [-0.2, -0.15) is 0 Å².